The van der Waals surface area contributed by atoms with Gasteiger partial charge in [-0.25, -0.2) is 0 Å². The molecule has 1 aromatic heterocycles. The van der Waals surface area contributed by atoms with Crippen molar-refractivity contribution in [1.29, 1.82) is 0 Å². The number of hydrogen-bond acceptors (Lipinski definition) is 4. The standard InChI is InChI=1S/C14H23N3OS/c1-5-17(8-10(2)14(15)19)9-12-7-13(18-4)6-11(3)16-12/h6-7,10H,5,8-9H2,1-4H3,(H2,15,19). The van der Waals surface area contributed by atoms with Gasteiger partial charge in [0.1, 0.15) is 5.75 Å². The molecule has 0 fully saturated rings. The highest BCUT2D eigenvalue weighted by Gasteiger charge is 2.12. The smallest absolute Gasteiger partial charge is 0.122 e. The van der Waals surface area contributed by atoms with E-state index in [2.05, 4.69) is 23.7 Å². The van der Waals surface area contributed by atoms with Gasteiger partial charge in [0, 0.05) is 36.8 Å². The minimum absolute atomic E-state index is 0.210. The first kappa shape index (κ1) is 15.9. The zero-order valence-corrected chi connectivity index (χ0v) is 13.0. The van der Waals surface area contributed by atoms with Gasteiger partial charge in [0.05, 0.1) is 17.8 Å². The molecule has 1 rings (SSSR count). The molecule has 4 nitrogen and oxygen atoms in total. The number of nitrogens with two attached hydrogens (primary N) is 1. The number of methoxy groups -OCH3 is 1. The molecular formula is C14H23N3OS. The number of pyridine rings is 1. The molecule has 1 atom stereocenters. The van der Waals surface area contributed by atoms with Crippen molar-refractivity contribution >= 4 is 17.2 Å². The highest BCUT2D eigenvalue weighted by molar-refractivity contribution is 7.80. The van der Waals surface area contributed by atoms with E-state index in [0.717, 1.165) is 36.8 Å². The SMILES string of the molecule is CCN(Cc1cc(OC)cc(C)n1)CC(C)C(N)=S. The van der Waals surface area contributed by atoms with Gasteiger partial charge in [0.2, 0.25) is 0 Å². The Morgan fingerprint density at radius 1 is 1.53 bits per heavy atom. The van der Waals surface area contributed by atoms with Gasteiger partial charge in [0.15, 0.2) is 0 Å². The maximum atomic E-state index is 5.67. The summed E-state index contributed by atoms with van der Waals surface area (Å²) in [4.78, 5) is 7.38. The molecule has 0 aromatic carbocycles. The first-order valence-corrected chi connectivity index (χ1v) is 6.90. The third-order valence-electron chi connectivity index (χ3n) is 3.07. The third kappa shape index (κ3) is 5.12. The van der Waals surface area contributed by atoms with Gasteiger partial charge in [0.25, 0.3) is 0 Å². The molecule has 0 radical (unpaired) electrons. The highest BCUT2D eigenvalue weighted by Crippen LogP contribution is 2.15. The van der Waals surface area contributed by atoms with E-state index in [9.17, 15) is 0 Å². The number of aromatic nitrogens is 1. The van der Waals surface area contributed by atoms with Crippen molar-refractivity contribution in [2.75, 3.05) is 20.2 Å². The minimum Gasteiger partial charge on any atom is -0.497 e. The van der Waals surface area contributed by atoms with Gasteiger partial charge in [-0.2, -0.15) is 0 Å². The lowest BCUT2D eigenvalue weighted by atomic mass is 10.1. The van der Waals surface area contributed by atoms with Gasteiger partial charge in [-0.05, 0) is 13.5 Å². The largest absolute Gasteiger partial charge is 0.497 e. The molecule has 5 heteroatoms. The normalized spacial score (nSPS) is 12.5. The van der Waals surface area contributed by atoms with Crippen LogP contribution in [0.1, 0.15) is 25.2 Å². The molecular weight excluding hydrogens is 258 g/mol. The molecule has 0 spiro atoms. The van der Waals surface area contributed by atoms with Crippen molar-refractivity contribution in [3.8, 4) is 5.75 Å². The van der Waals surface area contributed by atoms with Gasteiger partial charge >= 0.3 is 0 Å². The molecule has 1 heterocycles. The zero-order valence-electron chi connectivity index (χ0n) is 12.1. The van der Waals surface area contributed by atoms with E-state index in [1.54, 1.807) is 7.11 Å². The van der Waals surface area contributed by atoms with Crippen molar-refractivity contribution in [1.82, 2.24) is 9.88 Å². The van der Waals surface area contributed by atoms with E-state index in [-0.39, 0.29) is 5.92 Å². The summed E-state index contributed by atoms with van der Waals surface area (Å²) in [6.07, 6.45) is 0. The number of ether oxygens (including phenoxy) is 1. The number of nitrogens with zero attached hydrogens (tertiary/aromatic N) is 2. The predicted molar refractivity (Wildman–Crippen MR) is 82.4 cm³/mol. The van der Waals surface area contributed by atoms with Crippen LogP contribution in [0.2, 0.25) is 0 Å². The Hall–Kier alpha value is -1.20. The summed E-state index contributed by atoms with van der Waals surface area (Å²) in [6, 6.07) is 3.90. The third-order valence-corrected chi connectivity index (χ3v) is 3.47. The van der Waals surface area contributed by atoms with Gasteiger partial charge in [-0.3, -0.25) is 9.88 Å². The summed E-state index contributed by atoms with van der Waals surface area (Å²) in [5.74, 6) is 1.06. The minimum atomic E-state index is 0.210. The van der Waals surface area contributed by atoms with Crippen molar-refractivity contribution in [2.45, 2.75) is 27.3 Å². The molecule has 1 aromatic rings. The summed E-state index contributed by atoms with van der Waals surface area (Å²) < 4.78 is 5.27. The number of rotatable bonds is 7. The maximum Gasteiger partial charge on any atom is 0.122 e. The molecule has 0 saturated heterocycles. The molecule has 19 heavy (non-hydrogen) atoms. The lowest BCUT2D eigenvalue weighted by Gasteiger charge is -2.23. The predicted octanol–water partition coefficient (Wildman–Crippen LogP) is 2.14. The topological polar surface area (TPSA) is 51.4 Å². The molecule has 106 valence electrons. The molecule has 0 amide bonds. The zero-order chi connectivity index (χ0) is 14.4. The van der Waals surface area contributed by atoms with Gasteiger partial charge < -0.3 is 10.5 Å². The molecule has 0 bridgehead atoms. The van der Waals surface area contributed by atoms with Crippen molar-refractivity contribution < 1.29 is 4.74 Å². The van der Waals surface area contributed by atoms with Crippen LogP contribution in [0.25, 0.3) is 0 Å². The monoisotopic (exact) mass is 281 g/mol. The quantitative estimate of drug-likeness (QED) is 0.776. The molecule has 1 unspecified atom stereocenters. The second-order valence-electron chi connectivity index (χ2n) is 4.77. The Morgan fingerprint density at radius 2 is 2.21 bits per heavy atom. The summed E-state index contributed by atoms with van der Waals surface area (Å²) >= 11 is 5.02. The van der Waals surface area contributed by atoms with Crippen LogP contribution in [-0.4, -0.2) is 35.1 Å². The molecule has 0 saturated carbocycles. The van der Waals surface area contributed by atoms with Gasteiger partial charge in [-0.15, -0.1) is 0 Å². The van der Waals surface area contributed by atoms with Crippen LogP contribution in [-0.2, 0) is 6.54 Å². The van der Waals surface area contributed by atoms with Crippen molar-refractivity contribution in [2.24, 2.45) is 11.7 Å². The van der Waals surface area contributed by atoms with Crippen LogP contribution >= 0.6 is 12.2 Å². The summed E-state index contributed by atoms with van der Waals surface area (Å²) in [5.41, 5.74) is 7.64. The van der Waals surface area contributed by atoms with Crippen LogP contribution in [0.3, 0.4) is 0 Å². The second-order valence-corrected chi connectivity index (χ2v) is 5.24. The summed E-state index contributed by atoms with van der Waals surface area (Å²) in [6.45, 7) is 8.71. The molecule has 0 aliphatic heterocycles. The first-order chi connectivity index (χ1) is 8.96. The van der Waals surface area contributed by atoms with Crippen molar-refractivity contribution in [3.63, 3.8) is 0 Å². The Bertz CT molecular complexity index is 437. The number of hydrogen-bond donors (Lipinski definition) is 1. The summed E-state index contributed by atoms with van der Waals surface area (Å²) in [5, 5.41) is 0. The van der Waals surface area contributed by atoms with E-state index < -0.39 is 0 Å². The van der Waals surface area contributed by atoms with Crippen molar-refractivity contribution in [3.05, 3.63) is 23.5 Å². The maximum absolute atomic E-state index is 5.67. The van der Waals surface area contributed by atoms with Crippen LogP contribution in [0.15, 0.2) is 12.1 Å². The average molecular weight is 281 g/mol. The second kappa shape index (κ2) is 7.40. The van der Waals surface area contributed by atoms with Crippen LogP contribution < -0.4 is 10.5 Å². The lowest BCUT2D eigenvalue weighted by Crippen LogP contribution is -2.33. The lowest BCUT2D eigenvalue weighted by molar-refractivity contribution is 0.260. The Kier molecular flexibility index (Phi) is 6.18. The Labute approximate surface area is 121 Å². The fraction of sp³-hybridized carbons (Fsp3) is 0.571. The molecule has 2 N–H and O–H groups in total. The highest BCUT2D eigenvalue weighted by atomic mass is 32.1. The van der Waals surface area contributed by atoms with Crippen LogP contribution in [0.4, 0.5) is 0 Å². The Balaban J connectivity index is 2.75. The van der Waals surface area contributed by atoms with Crippen LogP contribution in [0.5, 0.6) is 5.75 Å². The van der Waals surface area contributed by atoms with E-state index in [4.69, 9.17) is 22.7 Å². The molecule has 0 aliphatic carbocycles. The van der Waals surface area contributed by atoms with Crippen LogP contribution in [0, 0.1) is 12.8 Å². The van der Waals surface area contributed by atoms with Gasteiger partial charge in [-0.1, -0.05) is 26.1 Å². The first-order valence-electron chi connectivity index (χ1n) is 6.49. The van der Waals surface area contributed by atoms with E-state index >= 15 is 0 Å². The fourth-order valence-electron chi connectivity index (χ4n) is 1.91. The summed E-state index contributed by atoms with van der Waals surface area (Å²) in [7, 11) is 1.67. The average Bonchev–Trinajstić information content (AvgIpc) is 2.36. The van der Waals surface area contributed by atoms with E-state index in [0.29, 0.717) is 4.99 Å². The number of thiocarbonyl (C=S) groups is 1. The number of aryl methyl sites for hydroxylation is 1. The fourth-order valence-corrected chi connectivity index (χ4v) is 1.99. The van der Waals surface area contributed by atoms with E-state index in [1.807, 2.05) is 19.1 Å². The molecule has 0 aliphatic rings. The van der Waals surface area contributed by atoms with E-state index in [1.165, 1.54) is 0 Å². The Morgan fingerprint density at radius 3 is 2.74 bits per heavy atom.